The van der Waals surface area contributed by atoms with Gasteiger partial charge in [-0.25, -0.2) is 9.78 Å². The summed E-state index contributed by atoms with van der Waals surface area (Å²) in [6, 6.07) is 10.2. The lowest BCUT2D eigenvalue weighted by atomic mass is 10.2. The van der Waals surface area contributed by atoms with Crippen LogP contribution in [0.15, 0.2) is 42.6 Å². The van der Waals surface area contributed by atoms with Gasteiger partial charge in [-0.3, -0.25) is 4.79 Å². The average Bonchev–Trinajstić information content (AvgIpc) is 2.61. The molecule has 1 N–H and O–H groups in total. The van der Waals surface area contributed by atoms with Gasteiger partial charge in [0.25, 0.3) is 5.91 Å². The van der Waals surface area contributed by atoms with Crippen LogP contribution in [0.2, 0.25) is 5.15 Å². The van der Waals surface area contributed by atoms with Crippen LogP contribution in [0, 0.1) is 0 Å². The highest BCUT2D eigenvalue weighted by Crippen LogP contribution is 2.31. The Balaban J connectivity index is 1.51. The summed E-state index contributed by atoms with van der Waals surface area (Å²) >= 11 is 5.83. The number of pyridine rings is 1. The Hall–Kier alpha value is -2.80. The summed E-state index contributed by atoms with van der Waals surface area (Å²) in [5.41, 5.74) is 0.339. The quantitative estimate of drug-likeness (QED) is 0.672. The number of halogens is 1. The summed E-state index contributed by atoms with van der Waals surface area (Å²) < 4.78 is 15.9. The van der Waals surface area contributed by atoms with Crippen molar-refractivity contribution in [2.24, 2.45) is 0 Å². The standard InChI is InChI=1S/C16H13ClN2O5/c17-15-10(4-3-7-18-15)19-14(20)9-23-16(21)13-8-22-11-5-1-2-6-12(11)24-13/h1-7,13H,8-9H2,(H,19,20)/t13-/m1/s1. The van der Waals surface area contributed by atoms with Crippen LogP contribution < -0.4 is 14.8 Å². The molecule has 2 aromatic rings. The Bertz CT molecular complexity index is 768. The number of benzene rings is 1. The first-order valence-electron chi connectivity index (χ1n) is 7.09. The number of carbonyl (C=O) groups excluding carboxylic acids is 2. The molecule has 0 fully saturated rings. The summed E-state index contributed by atoms with van der Waals surface area (Å²) in [5.74, 6) is -0.199. The van der Waals surface area contributed by atoms with Crippen molar-refractivity contribution in [1.82, 2.24) is 4.98 Å². The first-order chi connectivity index (χ1) is 11.6. The monoisotopic (exact) mass is 348 g/mol. The summed E-state index contributed by atoms with van der Waals surface area (Å²) in [6.45, 7) is -0.447. The zero-order valence-corrected chi connectivity index (χ0v) is 13.2. The Morgan fingerprint density at radius 1 is 1.25 bits per heavy atom. The highest BCUT2D eigenvalue weighted by molar-refractivity contribution is 6.32. The molecule has 0 saturated heterocycles. The molecule has 124 valence electrons. The minimum absolute atomic E-state index is 0.0197. The van der Waals surface area contributed by atoms with Crippen LogP contribution in [0.25, 0.3) is 0 Å². The van der Waals surface area contributed by atoms with Crippen LogP contribution in [0.3, 0.4) is 0 Å². The fourth-order valence-corrected chi connectivity index (χ4v) is 2.20. The number of carbonyl (C=O) groups is 2. The summed E-state index contributed by atoms with van der Waals surface area (Å²) in [4.78, 5) is 27.6. The van der Waals surface area contributed by atoms with E-state index in [4.69, 9.17) is 25.8 Å². The van der Waals surface area contributed by atoms with Crippen LogP contribution in [0.1, 0.15) is 0 Å². The zero-order chi connectivity index (χ0) is 16.9. The fourth-order valence-electron chi connectivity index (χ4n) is 2.03. The minimum Gasteiger partial charge on any atom is -0.485 e. The lowest BCUT2D eigenvalue weighted by molar-refractivity contribution is -0.156. The Morgan fingerprint density at radius 3 is 2.83 bits per heavy atom. The van der Waals surface area contributed by atoms with Gasteiger partial charge in [0.05, 0.1) is 5.69 Å². The van der Waals surface area contributed by atoms with Crippen molar-refractivity contribution in [3.8, 4) is 11.5 Å². The number of nitrogens with one attached hydrogen (secondary N) is 1. The number of amides is 1. The Kier molecular flexibility index (Phi) is 4.81. The lowest BCUT2D eigenvalue weighted by Crippen LogP contribution is -2.39. The Morgan fingerprint density at radius 2 is 2.04 bits per heavy atom. The third kappa shape index (κ3) is 3.75. The second-order valence-corrected chi connectivity index (χ2v) is 5.22. The van der Waals surface area contributed by atoms with Gasteiger partial charge in [0.1, 0.15) is 6.61 Å². The van der Waals surface area contributed by atoms with Crippen molar-refractivity contribution in [3.63, 3.8) is 0 Å². The second kappa shape index (κ2) is 7.18. The van der Waals surface area contributed by atoms with Gasteiger partial charge in [0.15, 0.2) is 23.3 Å². The average molecular weight is 349 g/mol. The number of ether oxygens (including phenoxy) is 3. The van der Waals surface area contributed by atoms with Crippen LogP contribution in [0.5, 0.6) is 11.5 Å². The maximum atomic E-state index is 12.0. The highest BCUT2D eigenvalue weighted by Gasteiger charge is 2.29. The second-order valence-electron chi connectivity index (χ2n) is 4.86. The van der Waals surface area contributed by atoms with E-state index in [1.165, 1.54) is 6.20 Å². The van der Waals surface area contributed by atoms with E-state index in [0.29, 0.717) is 17.2 Å². The number of hydrogen-bond donors (Lipinski definition) is 1. The predicted molar refractivity (Wildman–Crippen MR) is 85.2 cm³/mol. The number of fused-ring (bicyclic) bond motifs is 1. The van der Waals surface area contributed by atoms with Crippen LogP contribution in [-0.2, 0) is 14.3 Å². The SMILES string of the molecule is O=C(COC(=O)[C@H]1COc2ccccc2O1)Nc1cccnc1Cl. The molecular weight excluding hydrogens is 336 g/mol. The molecule has 1 aromatic carbocycles. The fraction of sp³-hybridized carbons (Fsp3) is 0.188. The molecule has 2 heterocycles. The van der Waals surface area contributed by atoms with E-state index in [9.17, 15) is 9.59 Å². The topological polar surface area (TPSA) is 86.8 Å². The van der Waals surface area contributed by atoms with Gasteiger partial charge >= 0.3 is 5.97 Å². The molecular formula is C16H13ClN2O5. The third-order valence-electron chi connectivity index (χ3n) is 3.15. The molecule has 0 aliphatic carbocycles. The number of para-hydroxylation sites is 2. The molecule has 1 amide bonds. The number of hydrogen-bond acceptors (Lipinski definition) is 6. The maximum Gasteiger partial charge on any atom is 0.351 e. The lowest BCUT2D eigenvalue weighted by Gasteiger charge is -2.24. The van der Waals surface area contributed by atoms with Gasteiger partial charge in [-0.05, 0) is 24.3 Å². The van der Waals surface area contributed by atoms with E-state index < -0.39 is 24.6 Å². The van der Waals surface area contributed by atoms with Gasteiger partial charge in [0, 0.05) is 6.20 Å². The summed E-state index contributed by atoms with van der Waals surface area (Å²) in [7, 11) is 0. The van der Waals surface area contributed by atoms with E-state index in [2.05, 4.69) is 10.3 Å². The molecule has 24 heavy (non-hydrogen) atoms. The van der Waals surface area contributed by atoms with Crippen molar-refractivity contribution in [2.45, 2.75) is 6.10 Å². The normalized spacial score (nSPS) is 15.5. The number of aromatic nitrogens is 1. The molecule has 0 spiro atoms. The van der Waals surface area contributed by atoms with Crippen LogP contribution in [-0.4, -0.2) is 36.2 Å². The Labute approximate surface area is 142 Å². The van der Waals surface area contributed by atoms with Gasteiger partial charge in [-0.2, -0.15) is 0 Å². The summed E-state index contributed by atoms with van der Waals surface area (Å²) in [6.07, 6.45) is 0.575. The predicted octanol–water partition coefficient (Wildman–Crippen LogP) is 2.06. The van der Waals surface area contributed by atoms with E-state index in [1.54, 1.807) is 36.4 Å². The smallest absolute Gasteiger partial charge is 0.351 e. The molecule has 1 aromatic heterocycles. The molecule has 1 aliphatic rings. The zero-order valence-electron chi connectivity index (χ0n) is 12.4. The van der Waals surface area contributed by atoms with Gasteiger partial charge in [-0.1, -0.05) is 23.7 Å². The molecule has 8 heteroatoms. The maximum absolute atomic E-state index is 12.0. The van der Waals surface area contributed by atoms with Gasteiger partial charge in [0.2, 0.25) is 6.10 Å². The molecule has 0 radical (unpaired) electrons. The number of nitrogens with zero attached hydrogens (tertiary/aromatic N) is 1. The molecule has 0 saturated carbocycles. The molecule has 1 aliphatic heterocycles. The van der Waals surface area contributed by atoms with Crippen molar-refractivity contribution in [2.75, 3.05) is 18.5 Å². The van der Waals surface area contributed by atoms with Crippen LogP contribution >= 0.6 is 11.6 Å². The molecule has 0 bridgehead atoms. The summed E-state index contributed by atoms with van der Waals surface area (Å²) in [5, 5.41) is 2.65. The molecule has 3 rings (SSSR count). The molecule has 7 nitrogen and oxygen atoms in total. The van der Waals surface area contributed by atoms with Crippen molar-refractivity contribution >= 4 is 29.2 Å². The number of rotatable bonds is 4. The van der Waals surface area contributed by atoms with E-state index >= 15 is 0 Å². The number of esters is 1. The van der Waals surface area contributed by atoms with E-state index in [1.807, 2.05) is 0 Å². The van der Waals surface area contributed by atoms with Crippen molar-refractivity contribution in [3.05, 3.63) is 47.7 Å². The van der Waals surface area contributed by atoms with Crippen molar-refractivity contribution < 1.29 is 23.8 Å². The molecule has 0 unspecified atom stereocenters. The van der Waals surface area contributed by atoms with Crippen molar-refractivity contribution in [1.29, 1.82) is 0 Å². The van der Waals surface area contributed by atoms with Gasteiger partial charge < -0.3 is 19.5 Å². The first-order valence-corrected chi connectivity index (χ1v) is 7.47. The third-order valence-corrected chi connectivity index (χ3v) is 3.45. The van der Waals surface area contributed by atoms with Crippen LogP contribution in [0.4, 0.5) is 5.69 Å². The van der Waals surface area contributed by atoms with E-state index in [-0.39, 0.29) is 11.8 Å². The molecule has 1 atom stereocenters. The minimum atomic E-state index is -0.922. The highest BCUT2D eigenvalue weighted by atomic mass is 35.5. The first kappa shape index (κ1) is 16.1. The van der Waals surface area contributed by atoms with Gasteiger partial charge in [-0.15, -0.1) is 0 Å². The largest absolute Gasteiger partial charge is 0.485 e. The van der Waals surface area contributed by atoms with E-state index in [0.717, 1.165) is 0 Å². The number of anilines is 1.